The van der Waals surface area contributed by atoms with E-state index >= 15 is 0 Å². The Kier molecular flexibility index (Phi) is 2.99. The van der Waals surface area contributed by atoms with Gasteiger partial charge in [-0.3, -0.25) is 0 Å². The van der Waals surface area contributed by atoms with Crippen LogP contribution in [0.2, 0.25) is 10.0 Å². The molecule has 0 aliphatic carbocycles. The highest BCUT2D eigenvalue weighted by atomic mass is 35.5. The standard InChI is InChI=1S/C13H6Cl2F2N2/c14-6-1-2-10-8(3-6)11(12(16)17)9-4-7(15)5-18-13(9)19-10/h1-5,12H. The molecule has 6 heteroatoms. The summed E-state index contributed by atoms with van der Waals surface area (Å²) in [4.78, 5) is 8.23. The molecule has 0 unspecified atom stereocenters. The lowest BCUT2D eigenvalue weighted by Crippen LogP contribution is -1.95. The van der Waals surface area contributed by atoms with Crippen molar-refractivity contribution in [1.82, 2.24) is 9.97 Å². The molecule has 2 nitrogen and oxygen atoms in total. The van der Waals surface area contributed by atoms with E-state index in [1.807, 2.05) is 0 Å². The number of alkyl halides is 2. The molecule has 0 amide bonds. The average molecular weight is 299 g/mol. The summed E-state index contributed by atoms with van der Waals surface area (Å²) in [6.45, 7) is 0. The van der Waals surface area contributed by atoms with Crippen molar-refractivity contribution in [2.45, 2.75) is 6.43 Å². The second-order valence-electron chi connectivity index (χ2n) is 4.01. The van der Waals surface area contributed by atoms with E-state index in [9.17, 15) is 8.78 Å². The molecule has 2 aromatic heterocycles. The number of nitrogens with zero attached hydrogens (tertiary/aromatic N) is 2. The van der Waals surface area contributed by atoms with Crippen LogP contribution in [0.4, 0.5) is 8.78 Å². The van der Waals surface area contributed by atoms with Gasteiger partial charge in [0.1, 0.15) is 0 Å². The first kappa shape index (κ1) is 12.5. The summed E-state index contributed by atoms with van der Waals surface area (Å²) in [5.41, 5.74) is 0.536. The van der Waals surface area contributed by atoms with Gasteiger partial charge in [0, 0.05) is 27.6 Å². The van der Waals surface area contributed by atoms with Gasteiger partial charge in [-0.25, -0.2) is 18.7 Å². The monoisotopic (exact) mass is 298 g/mol. The van der Waals surface area contributed by atoms with Crippen LogP contribution in [0, 0.1) is 0 Å². The SMILES string of the molecule is FC(F)c1c2cc(Cl)ccc2nc2ncc(Cl)cc12. The number of halogens is 4. The molecule has 2 heterocycles. The van der Waals surface area contributed by atoms with Crippen molar-refractivity contribution in [3.05, 3.63) is 46.1 Å². The zero-order chi connectivity index (χ0) is 13.6. The van der Waals surface area contributed by atoms with Gasteiger partial charge in [0.2, 0.25) is 0 Å². The highest BCUT2D eigenvalue weighted by Crippen LogP contribution is 2.34. The first-order valence-electron chi connectivity index (χ1n) is 5.39. The van der Waals surface area contributed by atoms with Crippen LogP contribution in [0.3, 0.4) is 0 Å². The molecule has 1 aromatic carbocycles. The average Bonchev–Trinajstić information content (AvgIpc) is 2.35. The van der Waals surface area contributed by atoms with Crippen molar-refractivity contribution < 1.29 is 8.78 Å². The molecule has 0 aliphatic heterocycles. The number of hydrogen-bond acceptors (Lipinski definition) is 2. The third-order valence-electron chi connectivity index (χ3n) is 2.82. The number of rotatable bonds is 1. The number of hydrogen-bond donors (Lipinski definition) is 0. The molecule has 96 valence electrons. The van der Waals surface area contributed by atoms with Crippen LogP contribution in [0.5, 0.6) is 0 Å². The lowest BCUT2D eigenvalue weighted by molar-refractivity contribution is 0.155. The second kappa shape index (κ2) is 4.54. The third-order valence-corrected chi connectivity index (χ3v) is 3.26. The minimum Gasteiger partial charge on any atom is -0.235 e. The molecule has 0 atom stereocenters. The molecule has 3 rings (SSSR count). The van der Waals surface area contributed by atoms with Gasteiger partial charge >= 0.3 is 0 Å². The number of pyridine rings is 2. The Morgan fingerprint density at radius 2 is 1.74 bits per heavy atom. The minimum absolute atomic E-state index is 0.141. The summed E-state index contributed by atoms with van der Waals surface area (Å²) < 4.78 is 26.7. The molecule has 0 radical (unpaired) electrons. The van der Waals surface area contributed by atoms with Gasteiger partial charge in [-0.1, -0.05) is 23.2 Å². The van der Waals surface area contributed by atoms with E-state index < -0.39 is 6.43 Å². The molecule has 0 spiro atoms. The largest absolute Gasteiger partial charge is 0.265 e. The van der Waals surface area contributed by atoms with Gasteiger partial charge in [-0.2, -0.15) is 0 Å². The molecule has 19 heavy (non-hydrogen) atoms. The smallest absolute Gasteiger partial charge is 0.235 e. The maximum Gasteiger partial charge on any atom is 0.265 e. The Morgan fingerprint density at radius 1 is 1.00 bits per heavy atom. The zero-order valence-corrected chi connectivity index (χ0v) is 10.9. The van der Waals surface area contributed by atoms with E-state index in [0.29, 0.717) is 15.9 Å². The van der Waals surface area contributed by atoms with E-state index in [0.717, 1.165) is 0 Å². The summed E-state index contributed by atoms with van der Waals surface area (Å²) in [6.07, 6.45) is -1.28. The molecule has 3 aromatic rings. The fourth-order valence-electron chi connectivity index (χ4n) is 2.04. The lowest BCUT2D eigenvalue weighted by Gasteiger charge is -2.10. The molecular weight excluding hydrogens is 293 g/mol. The predicted molar refractivity (Wildman–Crippen MR) is 72.0 cm³/mol. The van der Waals surface area contributed by atoms with Crippen LogP contribution in [-0.2, 0) is 0 Å². The first-order valence-corrected chi connectivity index (χ1v) is 6.14. The molecule has 0 aliphatic rings. The normalized spacial score (nSPS) is 11.6. The van der Waals surface area contributed by atoms with Gasteiger partial charge < -0.3 is 0 Å². The molecule has 0 fully saturated rings. The van der Waals surface area contributed by atoms with Crippen molar-refractivity contribution >= 4 is 45.1 Å². The Balaban J connectivity index is 2.55. The predicted octanol–water partition coefficient (Wildman–Crippen LogP) is 5.03. The molecular formula is C13H6Cl2F2N2. The highest BCUT2D eigenvalue weighted by molar-refractivity contribution is 6.32. The minimum atomic E-state index is -2.66. The van der Waals surface area contributed by atoms with E-state index in [1.165, 1.54) is 18.3 Å². The highest BCUT2D eigenvalue weighted by Gasteiger charge is 2.18. The number of benzene rings is 1. The zero-order valence-electron chi connectivity index (χ0n) is 9.37. The first-order chi connectivity index (χ1) is 9.06. The Labute approximate surface area is 117 Å². The maximum atomic E-state index is 13.3. The molecule has 0 bridgehead atoms. The fraction of sp³-hybridized carbons (Fsp3) is 0.0769. The summed E-state index contributed by atoms with van der Waals surface area (Å²) in [5.74, 6) is 0. The summed E-state index contributed by atoms with van der Waals surface area (Å²) >= 11 is 11.7. The van der Waals surface area contributed by atoms with E-state index in [2.05, 4.69) is 9.97 Å². The Morgan fingerprint density at radius 3 is 2.47 bits per heavy atom. The Bertz CT molecular complexity index is 730. The van der Waals surface area contributed by atoms with Crippen LogP contribution in [0.1, 0.15) is 12.0 Å². The summed E-state index contributed by atoms with van der Waals surface area (Å²) in [7, 11) is 0. The van der Waals surface area contributed by atoms with Gasteiger partial charge in [0.25, 0.3) is 6.43 Å². The van der Waals surface area contributed by atoms with Gasteiger partial charge in [0.15, 0.2) is 5.65 Å². The quantitative estimate of drug-likeness (QED) is 0.589. The molecule has 0 N–H and O–H groups in total. The lowest BCUT2D eigenvalue weighted by atomic mass is 10.1. The van der Waals surface area contributed by atoms with Crippen molar-refractivity contribution in [2.75, 3.05) is 0 Å². The topological polar surface area (TPSA) is 25.8 Å². The molecule has 0 saturated carbocycles. The van der Waals surface area contributed by atoms with Gasteiger partial charge in [-0.15, -0.1) is 0 Å². The summed E-state index contributed by atoms with van der Waals surface area (Å²) in [5, 5.41) is 1.24. The number of aromatic nitrogens is 2. The summed E-state index contributed by atoms with van der Waals surface area (Å²) in [6, 6.07) is 6.12. The van der Waals surface area contributed by atoms with Crippen LogP contribution in [-0.4, -0.2) is 9.97 Å². The van der Waals surface area contributed by atoms with Crippen molar-refractivity contribution in [2.24, 2.45) is 0 Å². The maximum absolute atomic E-state index is 13.3. The third kappa shape index (κ3) is 2.11. The van der Waals surface area contributed by atoms with Gasteiger partial charge in [-0.05, 0) is 24.3 Å². The van der Waals surface area contributed by atoms with Crippen molar-refractivity contribution in [3.63, 3.8) is 0 Å². The van der Waals surface area contributed by atoms with Gasteiger partial charge in [0.05, 0.1) is 10.5 Å². The van der Waals surface area contributed by atoms with E-state index in [4.69, 9.17) is 23.2 Å². The Hall–Kier alpha value is -1.52. The second-order valence-corrected chi connectivity index (χ2v) is 4.89. The fourth-order valence-corrected chi connectivity index (χ4v) is 2.37. The van der Waals surface area contributed by atoms with Crippen molar-refractivity contribution in [1.29, 1.82) is 0 Å². The van der Waals surface area contributed by atoms with E-state index in [1.54, 1.807) is 12.1 Å². The van der Waals surface area contributed by atoms with Crippen LogP contribution >= 0.6 is 23.2 Å². The van der Waals surface area contributed by atoms with Crippen molar-refractivity contribution in [3.8, 4) is 0 Å². The number of fused-ring (bicyclic) bond motifs is 2. The van der Waals surface area contributed by atoms with E-state index in [-0.39, 0.29) is 21.6 Å². The molecule has 0 saturated heterocycles. The van der Waals surface area contributed by atoms with Crippen LogP contribution in [0.15, 0.2) is 30.5 Å². The van der Waals surface area contributed by atoms with Crippen LogP contribution in [0.25, 0.3) is 21.9 Å². The van der Waals surface area contributed by atoms with Crippen LogP contribution < -0.4 is 0 Å².